The summed E-state index contributed by atoms with van der Waals surface area (Å²) in [5.41, 5.74) is 6.32. The van der Waals surface area contributed by atoms with Crippen LogP contribution in [0.2, 0.25) is 0 Å². The molecule has 0 saturated carbocycles. The van der Waals surface area contributed by atoms with Gasteiger partial charge in [0.1, 0.15) is 5.82 Å². The lowest BCUT2D eigenvalue weighted by Crippen LogP contribution is -2.29. The molecule has 0 radical (unpaired) electrons. The third-order valence-electron chi connectivity index (χ3n) is 3.01. The highest BCUT2D eigenvalue weighted by molar-refractivity contribution is 7.09. The number of carbonyl (C=O) groups excluding carboxylic acids is 1. The van der Waals surface area contributed by atoms with Crippen LogP contribution in [0, 0.1) is 0 Å². The molecule has 0 fully saturated rings. The minimum absolute atomic E-state index is 0.145. The first kappa shape index (κ1) is 15.4. The standard InChI is InChI=1S/C14H19N5OS/c1-8(2)12-17-7-10(15)11(19-12)13(20)18-6-9(3)14-16-4-5-21-14/h4-5,7-9H,6,15H2,1-3H3,(H,18,20). The summed E-state index contributed by atoms with van der Waals surface area (Å²) in [7, 11) is 0. The van der Waals surface area contributed by atoms with Crippen LogP contribution in [-0.2, 0) is 0 Å². The van der Waals surface area contributed by atoms with Crippen molar-refractivity contribution in [3.8, 4) is 0 Å². The van der Waals surface area contributed by atoms with Gasteiger partial charge in [-0.25, -0.2) is 15.0 Å². The van der Waals surface area contributed by atoms with Gasteiger partial charge in [0.15, 0.2) is 5.69 Å². The molecule has 0 saturated heterocycles. The second kappa shape index (κ2) is 6.62. The molecule has 2 rings (SSSR count). The van der Waals surface area contributed by atoms with Crippen molar-refractivity contribution in [3.63, 3.8) is 0 Å². The van der Waals surface area contributed by atoms with Gasteiger partial charge in [0.2, 0.25) is 0 Å². The highest BCUT2D eigenvalue weighted by Gasteiger charge is 2.16. The molecule has 21 heavy (non-hydrogen) atoms. The SMILES string of the molecule is CC(C)c1ncc(N)c(C(=O)NCC(C)c2nccs2)n1. The van der Waals surface area contributed by atoms with Crippen LogP contribution in [0.3, 0.4) is 0 Å². The number of carbonyl (C=O) groups is 1. The minimum Gasteiger partial charge on any atom is -0.396 e. The maximum atomic E-state index is 12.2. The Morgan fingerprint density at radius 3 is 2.76 bits per heavy atom. The summed E-state index contributed by atoms with van der Waals surface area (Å²) >= 11 is 1.58. The molecule has 0 spiro atoms. The maximum Gasteiger partial charge on any atom is 0.272 e. The number of aromatic nitrogens is 3. The fourth-order valence-electron chi connectivity index (χ4n) is 1.76. The van der Waals surface area contributed by atoms with Crippen molar-refractivity contribution in [1.29, 1.82) is 0 Å². The number of nitrogen functional groups attached to an aromatic ring is 1. The van der Waals surface area contributed by atoms with E-state index < -0.39 is 0 Å². The first-order chi connectivity index (χ1) is 9.99. The quantitative estimate of drug-likeness (QED) is 0.883. The smallest absolute Gasteiger partial charge is 0.272 e. The number of nitrogens with one attached hydrogen (secondary N) is 1. The van der Waals surface area contributed by atoms with Crippen LogP contribution >= 0.6 is 11.3 Å². The summed E-state index contributed by atoms with van der Waals surface area (Å²) in [5.74, 6) is 0.635. The molecular formula is C14H19N5OS. The second-order valence-corrected chi connectivity index (χ2v) is 6.09. The normalized spacial score (nSPS) is 12.4. The third-order valence-corrected chi connectivity index (χ3v) is 4.02. The average molecular weight is 305 g/mol. The molecular weight excluding hydrogens is 286 g/mol. The van der Waals surface area contributed by atoms with E-state index >= 15 is 0 Å². The van der Waals surface area contributed by atoms with Gasteiger partial charge in [-0.2, -0.15) is 0 Å². The molecule has 2 aromatic heterocycles. The number of hydrogen-bond donors (Lipinski definition) is 2. The Labute approximate surface area is 127 Å². The van der Waals surface area contributed by atoms with Gasteiger partial charge in [-0.05, 0) is 0 Å². The zero-order chi connectivity index (χ0) is 15.4. The molecule has 0 bridgehead atoms. The molecule has 1 unspecified atom stereocenters. The summed E-state index contributed by atoms with van der Waals surface area (Å²) in [5, 5.41) is 5.77. The molecule has 2 aromatic rings. The zero-order valence-corrected chi connectivity index (χ0v) is 13.1. The Bertz CT molecular complexity index is 612. The van der Waals surface area contributed by atoms with E-state index in [9.17, 15) is 4.79 Å². The number of anilines is 1. The fraction of sp³-hybridized carbons (Fsp3) is 0.429. The maximum absolute atomic E-state index is 12.2. The number of thiazole rings is 1. The predicted octanol–water partition coefficient (Wildman–Crippen LogP) is 2.17. The van der Waals surface area contributed by atoms with Crippen molar-refractivity contribution in [2.24, 2.45) is 0 Å². The molecule has 2 heterocycles. The molecule has 3 N–H and O–H groups in total. The molecule has 112 valence electrons. The Morgan fingerprint density at radius 2 is 2.14 bits per heavy atom. The van der Waals surface area contributed by atoms with Gasteiger partial charge in [-0.1, -0.05) is 20.8 Å². The van der Waals surface area contributed by atoms with Gasteiger partial charge >= 0.3 is 0 Å². The lowest BCUT2D eigenvalue weighted by Gasteiger charge is -2.12. The lowest BCUT2D eigenvalue weighted by atomic mass is 10.2. The predicted molar refractivity (Wildman–Crippen MR) is 83.4 cm³/mol. The van der Waals surface area contributed by atoms with E-state index in [1.807, 2.05) is 26.2 Å². The number of amides is 1. The van der Waals surface area contributed by atoms with Crippen LogP contribution in [-0.4, -0.2) is 27.4 Å². The van der Waals surface area contributed by atoms with Gasteiger partial charge in [-0.15, -0.1) is 11.3 Å². The fourth-order valence-corrected chi connectivity index (χ4v) is 2.46. The van der Waals surface area contributed by atoms with E-state index in [0.717, 1.165) is 5.01 Å². The van der Waals surface area contributed by atoms with Gasteiger partial charge in [0.05, 0.1) is 16.9 Å². The monoisotopic (exact) mass is 305 g/mol. The van der Waals surface area contributed by atoms with Crippen molar-refractivity contribution in [2.75, 3.05) is 12.3 Å². The van der Waals surface area contributed by atoms with Crippen molar-refractivity contribution in [3.05, 3.63) is 34.3 Å². The molecule has 7 heteroatoms. The van der Waals surface area contributed by atoms with Crippen molar-refractivity contribution in [2.45, 2.75) is 32.6 Å². The highest BCUT2D eigenvalue weighted by Crippen LogP contribution is 2.17. The van der Waals surface area contributed by atoms with E-state index in [4.69, 9.17) is 5.73 Å². The summed E-state index contributed by atoms with van der Waals surface area (Å²) < 4.78 is 0. The topological polar surface area (TPSA) is 93.8 Å². The van der Waals surface area contributed by atoms with Crippen LogP contribution < -0.4 is 11.1 Å². The van der Waals surface area contributed by atoms with Gasteiger partial charge in [0.25, 0.3) is 5.91 Å². The lowest BCUT2D eigenvalue weighted by molar-refractivity contribution is 0.0947. The molecule has 1 atom stereocenters. The molecule has 0 aliphatic carbocycles. The van der Waals surface area contributed by atoms with Crippen molar-refractivity contribution in [1.82, 2.24) is 20.3 Å². The highest BCUT2D eigenvalue weighted by atomic mass is 32.1. The van der Waals surface area contributed by atoms with Gasteiger partial charge in [0, 0.05) is 30.0 Å². The summed E-state index contributed by atoms with van der Waals surface area (Å²) in [4.78, 5) is 24.8. The zero-order valence-electron chi connectivity index (χ0n) is 12.3. The Hall–Kier alpha value is -2.02. The van der Waals surface area contributed by atoms with Crippen LogP contribution in [0.25, 0.3) is 0 Å². The van der Waals surface area contributed by atoms with E-state index in [0.29, 0.717) is 18.1 Å². The number of hydrogen-bond acceptors (Lipinski definition) is 6. The van der Waals surface area contributed by atoms with Crippen LogP contribution in [0.15, 0.2) is 17.8 Å². The Morgan fingerprint density at radius 1 is 1.38 bits per heavy atom. The Kier molecular flexibility index (Phi) is 4.85. The minimum atomic E-state index is -0.278. The second-order valence-electron chi connectivity index (χ2n) is 5.17. The molecule has 1 amide bonds. The van der Waals surface area contributed by atoms with Gasteiger partial charge in [-0.3, -0.25) is 4.79 Å². The van der Waals surface area contributed by atoms with Crippen LogP contribution in [0.5, 0.6) is 0 Å². The summed E-state index contributed by atoms with van der Waals surface area (Å²) in [6.45, 7) is 6.45. The van der Waals surface area contributed by atoms with Crippen LogP contribution in [0.1, 0.15) is 53.9 Å². The number of nitrogens with two attached hydrogens (primary N) is 1. The first-order valence-corrected chi connectivity index (χ1v) is 7.67. The van der Waals surface area contributed by atoms with Crippen LogP contribution in [0.4, 0.5) is 5.69 Å². The third kappa shape index (κ3) is 3.75. The first-order valence-electron chi connectivity index (χ1n) is 6.79. The van der Waals surface area contributed by atoms with Gasteiger partial charge < -0.3 is 11.1 Å². The van der Waals surface area contributed by atoms with E-state index in [-0.39, 0.29) is 23.4 Å². The summed E-state index contributed by atoms with van der Waals surface area (Å²) in [6.07, 6.45) is 3.25. The molecule has 6 nitrogen and oxygen atoms in total. The largest absolute Gasteiger partial charge is 0.396 e. The Balaban J connectivity index is 2.05. The number of nitrogens with zero attached hydrogens (tertiary/aromatic N) is 3. The van der Waals surface area contributed by atoms with E-state index in [1.165, 1.54) is 6.20 Å². The van der Waals surface area contributed by atoms with E-state index in [2.05, 4.69) is 20.3 Å². The summed E-state index contributed by atoms with van der Waals surface area (Å²) in [6, 6.07) is 0. The molecule has 0 aliphatic heterocycles. The molecule has 0 aromatic carbocycles. The number of rotatable bonds is 5. The van der Waals surface area contributed by atoms with E-state index in [1.54, 1.807) is 17.5 Å². The van der Waals surface area contributed by atoms with Crippen molar-refractivity contribution < 1.29 is 4.79 Å². The molecule has 0 aliphatic rings. The van der Waals surface area contributed by atoms with Crippen molar-refractivity contribution >= 4 is 22.9 Å². The average Bonchev–Trinajstić information content (AvgIpc) is 2.98.